The van der Waals surface area contributed by atoms with E-state index in [-0.39, 0.29) is 17.9 Å². The first-order valence-corrected chi connectivity index (χ1v) is 9.57. The van der Waals surface area contributed by atoms with Gasteiger partial charge < -0.3 is 14.5 Å². The van der Waals surface area contributed by atoms with E-state index in [1.165, 1.54) is 5.56 Å². The molecule has 0 bridgehead atoms. The lowest BCUT2D eigenvalue weighted by Crippen LogP contribution is -2.39. The van der Waals surface area contributed by atoms with E-state index in [1.54, 1.807) is 0 Å². The number of amides is 1. The number of aryl methyl sites for hydroxylation is 2. The second-order valence-corrected chi connectivity index (χ2v) is 8.13. The van der Waals surface area contributed by atoms with E-state index in [9.17, 15) is 9.90 Å². The number of aromatic nitrogens is 1. The molecule has 2 atom stereocenters. The van der Waals surface area contributed by atoms with Crippen LogP contribution in [0.4, 0.5) is 0 Å². The molecule has 0 unspecified atom stereocenters. The number of hydrogen-bond donors (Lipinski definition) is 1. The van der Waals surface area contributed by atoms with E-state index in [1.807, 2.05) is 24.8 Å². The number of nitrogens with zero attached hydrogens (tertiary/aromatic N) is 3. The molecular formula is C21H27N3O3. The first-order chi connectivity index (χ1) is 13.0. The summed E-state index contributed by atoms with van der Waals surface area (Å²) in [4.78, 5) is 17.2. The van der Waals surface area contributed by atoms with Crippen LogP contribution in [0.3, 0.4) is 0 Å². The number of fused-ring (bicyclic) bond motifs is 1. The van der Waals surface area contributed by atoms with E-state index >= 15 is 0 Å². The summed E-state index contributed by atoms with van der Waals surface area (Å²) < 4.78 is 5.18. The summed E-state index contributed by atoms with van der Waals surface area (Å²) >= 11 is 0. The quantitative estimate of drug-likeness (QED) is 0.870. The molecule has 144 valence electrons. The van der Waals surface area contributed by atoms with Crippen molar-refractivity contribution >= 4 is 5.91 Å². The number of aliphatic hydroxyl groups is 1. The fourth-order valence-electron chi connectivity index (χ4n) is 4.68. The predicted molar refractivity (Wildman–Crippen MR) is 101 cm³/mol. The third-order valence-electron chi connectivity index (χ3n) is 6.26. The normalized spacial score (nSPS) is 25.1. The molecule has 0 aliphatic carbocycles. The first-order valence-electron chi connectivity index (χ1n) is 9.57. The molecule has 6 heteroatoms. The predicted octanol–water partition coefficient (Wildman–Crippen LogP) is 1.79. The highest BCUT2D eigenvalue weighted by atomic mass is 16.5. The number of benzene rings is 1. The summed E-state index contributed by atoms with van der Waals surface area (Å²) in [7, 11) is 0. The number of carbonyl (C=O) groups excluding carboxylic acids is 1. The highest BCUT2D eigenvalue weighted by molar-refractivity contribution is 5.79. The van der Waals surface area contributed by atoms with Gasteiger partial charge in [-0.1, -0.05) is 35.5 Å². The van der Waals surface area contributed by atoms with Crippen molar-refractivity contribution < 1.29 is 14.4 Å². The molecular weight excluding hydrogens is 342 g/mol. The molecule has 1 aromatic carbocycles. The molecule has 1 N–H and O–H groups in total. The van der Waals surface area contributed by atoms with Crippen molar-refractivity contribution in [1.82, 2.24) is 15.0 Å². The zero-order chi connectivity index (χ0) is 19.0. The summed E-state index contributed by atoms with van der Waals surface area (Å²) in [6, 6.07) is 10.4. The van der Waals surface area contributed by atoms with Crippen molar-refractivity contribution in [2.45, 2.75) is 26.8 Å². The van der Waals surface area contributed by atoms with Gasteiger partial charge >= 0.3 is 0 Å². The Balaban J connectivity index is 1.41. The maximum absolute atomic E-state index is 12.8. The van der Waals surface area contributed by atoms with E-state index in [4.69, 9.17) is 4.52 Å². The van der Waals surface area contributed by atoms with Gasteiger partial charge in [0.1, 0.15) is 5.76 Å². The first kappa shape index (κ1) is 18.2. The van der Waals surface area contributed by atoms with Crippen LogP contribution in [0.15, 0.2) is 34.9 Å². The highest BCUT2D eigenvalue weighted by Crippen LogP contribution is 2.42. The van der Waals surface area contributed by atoms with Gasteiger partial charge in [0.15, 0.2) is 0 Å². The number of carbonyl (C=O) groups is 1. The molecule has 2 fully saturated rings. The Kier molecular flexibility index (Phi) is 4.78. The summed E-state index contributed by atoms with van der Waals surface area (Å²) in [5.41, 5.74) is 2.76. The zero-order valence-corrected chi connectivity index (χ0v) is 16.0. The van der Waals surface area contributed by atoms with Crippen LogP contribution in [0.2, 0.25) is 0 Å². The molecule has 0 spiro atoms. The Hall–Kier alpha value is -2.18. The molecule has 0 radical (unpaired) electrons. The van der Waals surface area contributed by atoms with Crippen molar-refractivity contribution in [2.75, 3.05) is 32.8 Å². The van der Waals surface area contributed by atoms with Crippen molar-refractivity contribution in [3.05, 3.63) is 52.9 Å². The van der Waals surface area contributed by atoms with Crippen LogP contribution in [-0.2, 0) is 17.8 Å². The number of rotatable bonds is 5. The third-order valence-corrected chi connectivity index (χ3v) is 6.26. The summed E-state index contributed by atoms with van der Waals surface area (Å²) in [6.45, 7) is 7.83. The number of aliphatic hydroxyl groups excluding tert-OH is 1. The number of hydrogen-bond acceptors (Lipinski definition) is 5. The molecule has 3 heterocycles. The van der Waals surface area contributed by atoms with Crippen molar-refractivity contribution in [3.8, 4) is 0 Å². The Morgan fingerprint density at radius 2 is 2.04 bits per heavy atom. The van der Waals surface area contributed by atoms with Crippen LogP contribution in [0.5, 0.6) is 0 Å². The van der Waals surface area contributed by atoms with Crippen LogP contribution in [-0.4, -0.2) is 58.8 Å². The Morgan fingerprint density at radius 1 is 1.26 bits per heavy atom. The second-order valence-electron chi connectivity index (χ2n) is 8.13. The van der Waals surface area contributed by atoms with Gasteiger partial charge in [-0.05, 0) is 25.3 Å². The summed E-state index contributed by atoms with van der Waals surface area (Å²) in [6.07, 6.45) is 0.323. The summed E-state index contributed by atoms with van der Waals surface area (Å²) in [5.74, 6) is 1.13. The zero-order valence-electron chi connectivity index (χ0n) is 16.0. The van der Waals surface area contributed by atoms with Crippen LogP contribution < -0.4 is 0 Å². The minimum Gasteiger partial charge on any atom is -0.396 e. The van der Waals surface area contributed by atoms with E-state index in [0.717, 1.165) is 30.9 Å². The lowest BCUT2D eigenvalue weighted by atomic mass is 9.82. The van der Waals surface area contributed by atoms with Crippen LogP contribution in [0.25, 0.3) is 0 Å². The molecule has 2 saturated heterocycles. The maximum Gasteiger partial charge on any atom is 0.227 e. The SMILES string of the molecule is Cc1noc(C)c1CC(=O)N1C[C@H]2CN(Cc3ccccc3)C[C@@]2(CO)C1. The Labute approximate surface area is 159 Å². The van der Waals surface area contributed by atoms with Crippen LogP contribution >= 0.6 is 0 Å². The van der Waals surface area contributed by atoms with Gasteiger partial charge in [0.05, 0.1) is 18.7 Å². The fourth-order valence-corrected chi connectivity index (χ4v) is 4.68. The molecule has 6 nitrogen and oxygen atoms in total. The maximum atomic E-state index is 12.8. The summed E-state index contributed by atoms with van der Waals surface area (Å²) in [5, 5.41) is 14.1. The van der Waals surface area contributed by atoms with Crippen LogP contribution in [0, 0.1) is 25.2 Å². The number of likely N-dealkylation sites (tertiary alicyclic amines) is 2. The molecule has 2 aliphatic heterocycles. The Morgan fingerprint density at radius 3 is 2.67 bits per heavy atom. The van der Waals surface area contributed by atoms with Crippen molar-refractivity contribution in [3.63, 3.8) is 0 Å². The van der Waals surface area contributed by atoms with Gasteiger partial charge in [0.2, 0.25) is 5.91 Å². The second kappa shape index (κ2) is 7.09. The van der Waals surface area contributed by atoms with Gasteiger partial charge in [-0.25, -0.2) is 0 Å². The molecule has 2 aliphatic rings. The van der Waals surface area contributed by atoms with E-state index < -0.39 is 0 Å². The van der Waals surface area contributed by atoms with Gasteiger partial charge in [-0.15, -0.1) is 0 Å². The average molecular weight is 369 g/mol. The van der Waals surface area contributed by atoms with Gasteiger partial charge in [-0.3, -0.25) is 9.69 Å². The smallest absolute Gasteiger partial charge is 0.227 e. The molecule has 1 aromatic heterocycles. The van der Waals surface area contributed by atoms with E-state index in [0.29, 0.717) is 31.2 Å². The standard InChI is InChI=1S/C21H27N3O3/c1-15-19(16(2)27-22-15)8-20(26)24-11-18-10-23(12-21(18,13-24)14-25)9-17-6-4-3-5-7-17/h3-7,18,25H,8-14H2,1-2H3/t18-,21+/m1/s1. The van der Waals surface area contributed by atoms with Gasteiger partial charge in [0.25, 0.3) is 0 Å². The van der Waals surface area contributed by atoms with Crippen LogP contribution in [0.1, 0.15) is 22.6 Å². The lowest BCUT2D eigenvalue weighted by Gasteiger charge is -2.27. The average Bonchev–Trinajstić information content (AvgIpc) is 3.28. The monoisotopic (exact) mass is 369 g/mol. The molecule has 4 rings (SSSR count). The largest absolute Gasteiger partial charge is 0.396 e. The third kappa shape index (κ3) is 3.39. The molecule has 27 heavy (non-hydrogen) atoms. The minimum absolute atomic E-state index is 0.0984. The lowest BCUT2D eigenvalue weighted by molar-refractivity contribution is -0.130. The van der Waals surface area contributed by atoms with Crippen molar-refractivity contribution in [2.24, 2.45) is 11.3 Å². The highest BCUT2D eigenvalue weighted by Gasteiger charge is 2.52. The minimum atomic E-state index is -0.205. The topological polar surface area (TPSA) is 69.8 Å². The molecule has 0 saturated carbocycles. The van der Waals surface area contributed by atoms with E-state index in [2.05, 4.69) is 34.3 Å². The van der Waals surface area contributed by atoms with Gasteiger partial charge in [-0.2, -0.15) is 0 Å². The molecule has 1 amide bonds. The van der Waals surface area contributed by atoms with Crippen molar-refractivity contribution in [1.29, 1.82) is 0 Å². The fraction of sp³-hybridized carbons (Fsp3) is 0.524. The Bertz CT molecular complexity index is 800. The molecule has 2 aromatic rings. The van der Waals surface area contributed by atoms with Gasteiger partial charge in [0, 0.05) is 43.7 Å².